The van der Waals surface area contributed by atoms with Gasteiger partial charge in [-0.05, 0) is 20.8 Å². The van der Waals surface area contributed by atoms with E-state index in [2.05, 4.69) is 20.5 Å². The molecule has 0 spiro atoms. The molecule has 82 valence electrons. The molecular formula is C9H14N4O2. The maximum Gasteiger partial charge on any atom is 0.325 e. The van der Waals surface area contributed by atoms with Gasteiger partial charge in [-0.25, -0.2) is 4.98 Å². The van der Waals surface area contributed by atoms with Crippen LogP contribution in [0.25, 0.3) is 0 Å². The topological polar surface area (TPSA) is 77.0 Å². The van der Waals surface area contributed by atoms with Gasteiger partial charge in [0.1, 0.15) is 6.54 Å². The first kappa shape index (κ1) is 11.4. The number of carbonyl (C=O) groups is 1. The third-order valence-corrected chi connectivity index (χ3v) is 1.79. The van der Waals surface area contributed by atoms with E-state index in [0.717, 1.165) is 11.4 Å². The van der Waals surface area contributed by atoms with Gasteiger partial charge < -0.3 is 10.1 Å². The van der Waals surface area contributed by atoms with Gasteiger partial charge in [-0.3, -0.25) is 4.79 Å². The van der Waals surface area contributed by atoms with Crippen LogP contribution in [0.5, 0.6) is 0 Å². The molecule has 0 aliphatic carbocycles. The van der Waals surface area contributed by atoms with Crippen molar-refractivity contribution in [1.82, 2.24) is 15.2 Å². The molecule has 6 nitrogen and oxygen atoms in total. The van der Waals surface area contributed by atoms with E-state index in [1.807, 2.05) is 13.8 Å². The Morgan fingerprint density at radius 3 is 2.67 bits per heavy atom. The molecule has 0 radical (unpaired) electrons. The normalized spacial score (nSPS) is 9.80. The number of esters is 1. The second-order valence-corrected chi connectivity index (χ2v) is 2.96. The van der Waals surface area contributed by atoms with Crippen molar-refractivity contribution in [3.8, 4) is 0 Å². The number of rotatable bonds is 4. The molecule has 1 aromatic heterocycles. The zero-order chi connectivity index (χ0) is 11.3. The zero-order valence-corrected chi connectivity index (χ0v) is 9.07. The van der Waals surface area contributed by atoms with Crippen LogP contribution in [-0.2, 0) is 9.53 Å². The minimum absolute atomic E-state index is 0.0536. The van der Waals surface area contributed by atoms with Crippen LogP contribution in [0, 0.1) is 13.8 Å². The second kappa shape index (κ2) is 5.23. The molecule has 15 heavy (non-hydrogen) atoms. The molecule has 0 bridgehead atoms. The molecule has 0 saturated heterocycles. The van der Waals surface area contributed by atoms with Gasteiger partial charge in [-0.15, -0.1) is 5.10 Å². The van der Waals surface area contributed by atoms with Crippen molar-refractivity contribution >= 4 is 11.9 Å². The Bertz CT molecular complexity index is 354. The van der Waals surface area contributed by atoms with Gasteiger partial charge in [-0.1, -0.05) is 0 Å². The second-order valence-electron chi connectivity index (χ2n) is 2.96. The fraction of sp³-hybridized carbons (Fsp3) is 0.556. The van der Waals surface area contributed by atoms with Gasteiger partial charge in [0.2, 0.25) is 5.95 Å². The summed E-state index contributed by atoms with van der Waals surface area (Å²) in [5, 5.41) is 10.4. The van der Waals surface area contributed by atoms with Crippen LogP contribution >= 0.6 is 0 Å². The summed E-state index contributed by atoms with van der Waals surface area (Å²) in [7, 11) is 0. The smallest absolute Gasteiger partial charge is 0.325 e. The molecule has 0 unspecified atom stereocenters. The molecule has 0 aliphatic heterocycles. The van der Waals surface area contributed by atoms with E-state index in [0.29, 0.717) is 12.6 Å². The lowest BCUT2D eigenvalue weighted by Gasteiger charge is -2.04. The third-order valence-electron chi connectivity index (χ3n) is 1.79. The highest BCUT2D eigenvalue weighted by Crippen LogP contribution is 2.01. The van der Waals surface area contributed by atoms with Gasteiger partial charge in [0.15, 0.2) is 0 Å². The van der Waals surface area contributed by atoms with Gasteiger partial charge in [0.25, 0.3) is 0 Å². The predicted molar refractivity (Wildman–Crippen MR) is 54.4 cm³/mol. The van der Waals surface area contributed by atoms with Crippen LogP contribution in [-0.4, -0.2) is 34.3 Å². The van der Waals surface area contributed by atoms with Crippen molar-refractivity contribution in [2.75, 3.05) is 18.5 Å². The van der Waals surface area contributed by atoms with E-state index in [9.17, 15) is 4.79 Å². The first-order valence-electron chi connectivity index (χ1n) is 4.71. The van der Waals surface area contributed by atoms with Gasteiger partial charge >= 0.3 is 5.97 Å². The summed E-state index contributed by atoms with van der Waals surface area (Å²) in [6.07, 6.45) is 0. The number of aromatic nitrogens is 3. The average Bonchev–Trinajstić information content (AvgIpc) is 2.20. The number of hydrogen-bond donors (Lipinski definition) is 1. The Kier molecular flexibility index (Phi) is 3.96. The van der Waals surface area contributed by atoms with Crippen LogP contribution in [0.3, 0.4) is 0 Å². The standard InChI is InChI=1S/C9H14N4O2/c1-4-15-8(14)5-10-9-11-6(2)7(3)12-13-9/h4-5H2,1-3H3,(H,10,11,13). The highest BCUT2D eigenvalue weighted by molar-refractivity contribution is 5.74. The van der Waals surface area contributed by atoms with Crippen LogP contribution < -0.4 is 5.32 Å². The first-order chi connectivity index (χ1) is 7.13. The molecule has 0 atom stereocenters. The summed E-state index contributed by atoms with van der Waals surface area (Å²) in [5.41, 5.74) is 1.56. The molecule has 1 heterocycles. The maximum atomic E-state index is 11.0. The molecule has 0 aliphatic rings. The summed E-state index contributed by atoms with van der Waals surface area (Å²) < 4.78 is 4.74. The highest BCUT2D eigenvalue weighted by atomic mass is 16.5. The van der Waals surface area contributed by atoms with Gasteiger partial charge in [0.05, 0.1) is 18.0 Å². The van der Waals surface area contributed by atoms with Crippen LogP contribution in [0.15, 0.2) is 0 Å². The quantitative estimate of drug-likeness (QED) is 0.728. The molecule has 1 rings (SSSR count). The predicted octanol–water partition coefficient (Wildman–Crippen LogP) is 0.463. The number of aryl methyl sites for hydroxylation is 2. The number of nitrogens with one attached hydrogen (secondary N) is 1. The molecule has 1 N–H and O–H groups in total. The van der Waals surface area contributed by atoms with Crippen molar-refractivity contribution in [2.45, 2.75) is 20.8 Å². The zero-order valence-electron chi connectivity index (χ0n) is 9.07. The summed E-state index contributed by atoms with van der Waals surface area (Å²) >= 11 is 0. The monoisotopic (exact) mass is 210 g/mol. The van der Waals surface area contributed by atoms with Crippen molar-refractivity contribution in [3.63, 3.8) is 0 Å². The summed E-state index contributed by atoms with van der Waals surface area (Å²) in [6.45, 7) is 5.83. The Morgan fingerprint density at radius 2 is 2.07 bits per heavy atom. The van der Waals surface area contributed by atoms with Crippen LogP contribution in [0.4, 0.5) is 5.95 Å². The van der Waals surface area contributed by atoms with Crippen molar-refractivity contribution in [3.05, 3.63) is 11.4 Å². The summed E-state index contributed by atoms with van der Waals surface area (Å²) in [6, 6.07) is 0. The number of carbonyl (C=O) groups excluding carboxylic acids is 1. The van der Waals surface area contributed by atoms with Crippen LogP contribution in [0.2, 0.25) is 0 Å². The van der Waals surface area contributed by atoms with E-state index in [1.165, 1.54) is 0 Å². The average molecular weight is 210 g/mol. The molecule has 0 fully saturated rings. The Hall–Kier alpha value is -1.72. The van der Waals surface area contributed by atoms with Crippen molar-refractivity contribution < 1.29 is 9.53 Å². The lowest BCUT2D eigenvalue weighted by molar-refractivity contribution is -0.140. The van der Waals surface area contributed by atoms with Gasteiger partial charge in [0, 0.05) is 0 Å². The van der Waals surface area contributed by atoms with E-state index >= 15 is 0 Å². The number of anilines is 1. The van der Waals surface area contributed by atoms with Crippen molar-refractivity contribution in [2.24, 2.45) is 0 Å². The van der Waals surface area contributed by atoms with E-state index in [4.69, 9.17) is 4.74 Å². The van der Waals surface area contributed by atoms with E-state index in [-0.39, 0.29) is 12.5 Å². The van der Waals surface area contributed by atoms with Crippen molar-refractivity contribution in [1.29, 1.82) is 0 Å². The molecule has 0 amide bonds. The maximum absolute atomic E-state index is 11.0. The Balaban J connectivity index is 2.51. The van der Waals surface area contributed by atoms with Crippen LogP contribution in [0.1, 0.15) is 18.3 Å². The SMILES string of the molecule is CCOC(=O)CNc1nnc(C)c(C)n1. The molecule has 0 saturated carbocycles. The number of nitrogens with zero attached hydrogens (tertiary/aromatic N) is 3. The first-order valence-corrected chi connectivity index (χ1v) is 4.71. The largest absolute Gasteiger partial charge is 0.465 e. The fourth-order valence-corrected chi connectivity index (χ4v) is 0.895. The molecule has 1 aromatic rings. The highest BCUT2D eigenvalue weighted by Gasteiger charge is 2.04. The lowest BCUT2D eigenvalue weighted by atomic mass is 10.4. The summed E-state index contributed by atoms with van der Waals surface area (Å²) in [5.74, 6) is 0.00508. The van der Waals surface area contributed by atoms with E-state index < -0.39 is 0 Å². The third kappa shape index (κ3) is 3.49. The molecule has 6 heteroatoms. The Labute approximate surface area is 88.1 Å². The minimum Gasteiger partial charge on any atom is -0.465 e. The Morgan fingerprint density at radius 1 is 1.33 bits per heavy atom. The fourth-order valence-electron chi connectivity index (χ4n) is 0.895. The van der Waals surface area contributed by atoms with Gasteiger partial charge in [-0.2, -0.15) is 5.10 Å². The lowest BCUT2D eigenvalue weighted by Crippen LogP contribution is -2.18. The summed E-state index contributed by atoms with van der Waals surface area (Å²) in [4.78, 5) is 15.1. The van der Waals surface area contributed by atoms with E-state index in [1.54, 1.807) is 6.92 Å². The molecule has 0 aromatic carbocycles. The molecular weight excluding hydrogens is 196 g/mol. The number of hydrogen-bond acceptors (Lipinski definition) is 6. The number of ether oxygens (including phenoxy) is 1. The minimum atomic E-state index is -0.334.